The number of alkyl halides is 3. The van der Waals surface area contributed by atoms with Crippen molar-refractivity contribution in [1.29, 1.82) is 0 Å². The SMILES string of the molecule is Cc1nc(CN2CCCn3cnc(COC(C)C)c3C2)cs1.O=C(O)C(F)(F)F. The minimum absolute atomic E-state index is 0.234. The van der Waals surface area contributed by atoms with E-state index in [1.54, 1.807) is 11.3 Å². The van der Waals surface area contributed by atoms with Crippen LogP contribution in [0.2, 0.25) is 0 Å². The van der Waals surface area contributed by atoms with Gasteiger partial charge in [0.05, 0.1) is 41.1 Å². The van der Waals surface area contributed by atoms with Crippen molar-refractivity contribution in [3.63, 3.8) is 0 Å². The molecule has 0 spiro atoms. The fourth-order valence-corrected chi connectivity index (χ4v) is 3.39. The lowest BCUT2D eigenvalue weighted by molar-refractivity contribution is -0.192. The minimum atomic E-state index is -5.08. The number of imidazole rings is 1. The molecular formula is C18H25F3N4O3S. The lowest BCUT2D eigenvalue weighted by Crippen LogP contribution is -2.23. The van der Waals surface area contributed by atoms with Crippen molar-refractivity contribution in [2.24, 2.45) is 0 Å². The average Bonchev–Trinajstić information content (AvgIpc) is 3.13. The molecule has 0 aromatic carbocycles. The van der Waals surface area contributed by atoms with E-state index in [4.69, 9.17) is 14.6 Å². The van der Waals surface area contributed by atoms with Gasteiger partial charge in [0, 0.05) is 31.6 Å². The van der Waals surface area contributed by atoms with Crippen LogP contribution in [0.5, 0.6) is 0 Å². The van der Waals surface area contributed by atoms with Gasteiger partial charge < -0.3 is 14.4 Å². The number of aliphatic carboxylic acids is 1. The van der Waals surface area contributed by atoms with Gasteiger partial charge in [-0.25, -0.2) is 14.8 Å². The van der Waals surface area contributed by atoms with Crippen LogP contribution in [-0.4, -0.2) is 49.3 Å². The van der Waals surface area contributed by atoms with Crippen molar-refractivity contribution in [2.75, 3.05) is 6.54 Å². The molecule has 3 heterocycles. The topological polar surface area (TPSA) is 80.5 Å². The summed E-state index contributed by atoms with van der Waals surface area (Å²) in [5.41, 5.74) is 3.55. The fourth-order valence-electron chi connectivity index (χ4n) is 2.79. The molecule has 11 heteroatoms. The maximum Gasteiger partial charge on any atom is 0.490 e. The number of hydrogen-bond donors (Lipinski definition) is 1. The molecule has 2 aromatic heterocycles. The second kappa shape index (κ2) is 10.2. The van der Waals surface area contributed by atoms with E-state index in [1.165, 1.54) is 11.4 Å². The summed E-state index contributed by atoms with van der Waals surface area (Å²) in [6.07, 6.45) is -1.74. The Morgan fingerprint density at radius 2 is 2.07 bits per heavy atom. The molecule has 0 aliphatic carbocycles. The smallest absolute Gasteiger partial charge is 0.475 e. The van der Waals surface area contributed by atoms with Gasteiger partial charge in [0.25, 0.3) is 0 Å². The predicted octanol–water partition coefficient (Wildman–Crippen LogP) is 3.61. The van der Waals surface area contributed by atoms with Crippen molar-refractivity contribution < 1.29 is 27.8 Å². The zero-order chi connectivity index (χ0) is 21.6. The molecule has 162 valence electrons. The van der Waals surface area contributed by atoms with Crippen molar-refractivity contribution in [1.82, 2.24) is 19.4 Å². The number of carboxylic acid groups (broad SMARTS) is 1. The van der Waals surface area contributed by atoms with E-state index in [2.05, 4.69) is 45.6 Å². The molecule has 0 saturated heterocycles. The van der Waals surface area contributed by atoms with E-state index < -0.39 is 12.1 Å². The summed E-state index contributed by atoms with van der Waals surface area (Å²) in [4.78, 5) is 20.5. The molecule has 0 fully saturated rings. The van der Waals surface area contributed by atoms with E-state index in [1.807, 2.05) is 6.33 Å². The molecule has 0 atom stereocenters. The zero-order valence-electron chi connectivity index (χ0n) is 16.6. The first-order valence-corrected chi connectivity index (χ1v) is 10.0. The number of aromatic nitrogens is 3. The molecule has 1 N–H and O–H groups in total. The Kier molecular flexibility index (Phi) is 8.17. The van der Waals surface area contributed by atoms with E-state index in [0.29, 0.717) is 6.61 Å². The number of hydrogen-bond acceptors (Lipinski definition) is 6. The average molecular weight is 434 g/mol. The molecule has 1 aliphatic rings. The highest BCUT2D eigenvalue weighted by molar-refractivity contribution is 7.09. The Morgan fingerprint density at radius 1 is 1.38 bits per heavy atom. The molecule has 3 rings (SSSR count). The maximum absolute atomic E-state index is 10.6. The van der Waals surface area contributed by atoms with Gasteiger partial charge in [-0.05, 0) is 27.2 Å². The first kappa shape index (κ1) is 23.3. The van der Waals surface area contributed by atoms with Crippen molar-refractivity contribution in [3.8, 4) is 0 Å². The molecule has 29 heavy (non-hydrogen) atoms. The summed E-state index contributed by atoms with van der Waals surface area (Å²) >= 11 is 1.72. The molecule has 2 aromatic rings. The predicted molar refractivity (Wildman–Crippen MR) is 101 cm³/mol. The van der Waals surface area contributed by atoms with Crippen molar-refractivity contribution >= 4 is 17.3 Å². The van der Waals surface area contributed by atoms with Gasteiger partial charge in [0.15, 0.2) is 0 Å². The Labute approximate surface area is 171 Å². The highest BCUT2D eigenvalue weighted by atomic mass is 32.1. The molecular weight excluding hydrogens is 409 g/mol. The van der Waals surface area contributed by atoms with E-state index in [9.17, 15) is 13.2 Å². The normalized spacial score (nSPS) is 14.9. The first-order chi connectivity index (χ1) is 13.6. The Morgan fingerprint density at radius 3 is 2.62 bits per heavy atom. The molecule has 0 unspecified atom stereocenters. The second-order valence-electron chi connectivity index (χ2n) is 6.92. The molecule has 0 saturated carbocycles. The molecule has 0 amide bonds. The van der Waals surface area contributed by atoms with E-state index in [0.717, 1.165) is 43.3 Å². The third kappa shape index (κ3) is 7.41. The maximum atomic E-state index is 10.6. The van der Waals surface area contributed by atoms with E-state index >= 15 is 0 Å². The minimum Gasteiger partial charge on any atom is -0.475 e. The van der Waals surface area contributed by atoms with Gasteiger partial charge in [-0.2, -0.15) is 13.2 Å². The van der Waals surface area contributed by atoms with Gasteiger partial charge in [0.2, 0.25) is 0 Å². The quantitative estimate of drug-likeness (QED) is 0.774. The van der Waals surface area contributed by atoms with Gasteiger partial charge in [0.1, 0.15) is 0 Å². The van der Waals surface area contributed by atoms with E-state index in [-0.39, 0.29) is 6.10 Å². The van der Waals surface area contributed by atoms with Gasteiger partial charge in [-0.1, -0.05) is 0 Å². The number of carboxylic acids is 1. The Hall–Kier alpha value is -1.98. The third-order valence-electron chi connectivity index (χ3n) is 4.13. The third-order valence-corrected chi connectivity index (χ3v) is 4.95. The van der Waals surface area contributed by atoms with Gasteiger partial charge >= 0.3 is 12.1 Å². The first-order valence-electron chi connectivity index (χ1n) is 9.14. The fraction of sp³-hybridized carbons (Fsp3) is 0.611. The molecule has 1 aliphatic heterocycles. The highest BCUT2D eigenvalue weighted by Gasteiger charge is 2.38. The molecule has 7 nitrogen and oxygen atoms in total. The summed E-state index contributed by atoms with van der Waals surface area (Å²) < 4.78 is 39.8. The molecule has 0 radical (unpaired) electrons. The van der Waals surface area contributed by atoms with Gasteiger partial charge in [-0.3, -0.25) is 4.90 Å². The van der Waals surface area contributed by atoms with Crippen LogP contribution in [0.15, 0.2) is 11.7 Å². The van der Waals surface area contributed by atoms with Crippen LogP contribution in [0.3, 0.4) is 0 Å². The summed E-state index contributed by atoms with van der Waals surface area (Å²) in [7, 11) is 0. The summed E-state index contributed by atoms with van der Waals surface area (Å²) in [5.74, 6) is -2.76. The van der Waals surface area contributed by atoms with Crippen LogP contribution in [0.4, 0.5) is 13.2 Å². The number of fused-ring (bicyclic) bond motifs is 1. The monoisotopic (exact) mass is 434 g/mol. The number of rotatable bonds is 5. The van der Waals surface area contributed by atoms with Gasteiger partial charge in [-0.15, -0.1) is 11.3 Å². The highest BCUT2D eigenvalue weighted by Crippen LogP contribution is 2.20. The lowest BCUT2D eigenvalue weighted by atomic mass is 10.3. The number of halogens is 3. The summed E-state index contributed by atoms with van der Waals surface area (Å²) in [6, 6.07) is 0. The van der Waals surface area contributed by atoms with Crippen LogP contribution in [0.25, 0.3) is 0 Å². The van der Waals surface area contributed by atoms with Crippen LogP contribution < -0.4 is 0 Å². The number of aryl methyl sites for hydroxylation is 2. The van der Waals surface area contributed by atoms with Crippen LogP contribution in [0.1, 0.15) is 42.4 Å². The zero-order valence-corrected chi connectivity index (χ0v) is 17.4. The number of nitrogens with zero attached hydrogens (tertiary/aromatic N) is 4. The molecule has 0 bridgehead atoms. The summed E-state index contributed by atoms with van der Waals surface area (Å²) in [5, 5.41) is 10.4. The Bertz CT molecular complexity index is 805. The Balaban J connectivity index is 0.000000370. The largest absolute Gasteiger partial charge is 0.490 e. The second-order valence-corrected chi connectivity index (χ2v) is 7.98. The number of thiazole rings is 1. The van der Waals surface area contributed by atoms with Crippen LogP contribution >= 0.6 is 11.3 Å². The standard InChI is InChI=1S/C16H24N4OS.C2HF3O2/c1-12(2)21-9-15-16-8-19(5-4-6-20(16)11-17-15)7-14-10-22-13(3)18-14;3-2(4,5)1(6)7/h10-12H,4-9H2,1-3H3;(H,6,7). The van der Waals surface area contributed by atoms with Crippen molar-refractivity contribution in [3.05, 3.63) is 33.8 Å². The van der Waals surface area contributed by atoms with Crippen LogP contribution in [0, 0.1) is 6.92 Å². The van der Waals surface area contributed by atoms with Crippen LogP contribution in [-0.2, 0) is 35.8 Å². The summed E-state index contributed by atoms with van der Waals surface area (Å²) in [6.45, 7) is 10.8. The number of carbonyl (C=O) groups is 1. The number of ether oxygens (including phenoxy) is 1. The van der Waals surface area contributed by atoms with Crippen molar-refractivity contribution in [2.45, 2.75) is 65.7 Å². The lowest BCUT2D eigenvalue weighted by Gasteiger charge is -2.19.